The first kappa shape index (κ1) is 15.4. The van der Waals surface area contributed by atoms with Gasteiger partial charge in [-0.2, -0.15) is 0 Å². The topological polar surface area (TPSA) is 84.9 Å². The monoisotopic (exact) mass is 333 g/mol. The highest BCUT2D eigenvalue weighted by Gasteiger charge is 2.15. The van der Waals surface area contributed by atoms with Crippen molar-refractivity contribution in [3.63, 3.8) is 0 Å². The fourth-order valence-electron chi connectivity index (χ4n) is 2.18. The van der Waals surface area contributed by atoms with Crippen molar-refractivity contribution in [2.24, 2.45) is 0 Å². The normalized spacial score (nSPS) is 12.7. The lowest BCUT2D eigenvalue weighted by atomic mass is 10.1. The summed E-state index contributed by atoms with van der Waals surface area (Å²) < 4.78 is 11.0. The van der Waals surface area contributed by atoms with E-state index in [-0.39, 0.29) is 18.9 Å². The molecule has 1 aliphatic heterocycles. The predicted molar refractivity (Wildman–Crippen MR) is 85.3 cm³/mol. The Morgan fingerprint density at radius 1 is 1.13 bits per heavy atom. The molecule has 0 saturated heterocycles. The summed E-state index contributed by atoms with van der Waals surface area (Å²) in [7, 11) is 0. The molecule has 0 aliphatic carbocycles. The number of nitrogens with one attached hydrogen (secondary N) is 1. The van der Waals surface area contributed by atoms with E-state index in [1.807, 2.05) is 24.3 Å². The third-order valence-corrected chi connectivity index (χ3v) is 4.41. The molecule has 1 aromatic heterocycles. The second kappa shape index (κ2) is 6.70. The van der Waals surface area contributed by atoms with Crippen molar-refractivity contribution in [1.82, 2.24) is 5.32 Å². The van der Waals surface area contributed by atoms with E-state index >= 15 is 0 Å². The number of ether oxygens (including phenoxy) is 2. The van der Waals surface area contributed by atoms with Crippen LogP contribution in [-0.2, 0) is 4.79 Å². The van der Waals surface area contributed by atoms with Crippen LogP contribution in [0.2, 0.25) is 0 Å². The van der Waals surface area contributed by atoms with E-state index in [9.17, 15) is 9.59 Å². The summed E-state index contributed by atoms with van der Waals surface area (Å²) in [6.45, 7) is 1.19. The third-order valence-electron chi connectivity index (χ3n) is 3.28. The summed E-state index contributed by atoms with van der Waals surface area (Å²) in [5, 5.41) is 11.2. The van der Waals surface area contributed by atoms with Gasteiger partial charge in [0.1, 0.15) is 13.2 Å². The van der Waals surface area contributed by atoms with Gasteiger partial charge in [-0.25, -0.2) is 0 Å². The Kier molecular flexibility index (Phi) is 4.47. The van der Waals surface area contributed by atoms with Gasteiger partial charge in [-0.15, -0.1) is 11.3 Å². The first-order valence-electron chi connectivity index (χ1n) is 7.13. The average Bonchev–Trinajstić information content (AvgIpc) is 3.04. The summed E-state index contributed by atoms with van der Waals surface area (Å²) in [6.07, 6.45) is -0.0911. The number of fused-ring (bicyclic) bond motifs is 1. The zero-order valence-corrected chi connectivity index (χ0v) is 13.0. The molecule has 2 aromatic rings. The zero-order chi connectivity index (χ0) is 16.2. The minimum absolute atomic E-state index is 0.0911. The van der Waals surface area contributed by atoms with E-state index in [0.717, 1.165) is 16.2 Å². The van der Waals surface area contributed by atoms with Gasteiger partial charge in [0.05, 0.1) is 11.3 Å². The Morgan fingerprint density at radius 2 is 1.91 bits per heavy atom. The Hall–Kier alpha value is -2.54. The number of carboxylic acid groups (broad SMARTS) is 1. The highest BCUT2D eigenvalue weighted by molar-refractivity contribution is 7.17. The number of rotatable bonds is 5. The van der Waals surface area contributed by atoms with Gasteiger partial charge in [0.15, 0.2) is 11.5 Å². The van der Waals surface area contributed by atoms with Crippen molar-refractivity contribution in [2.75, 3.05) is 19.8 Å². The number of amides is 1. The van der Waals surface area contributed by atoms with Crippen LogP contribution in [0.15, 0.2) is 30.3 Å². The molecule has 0 spiro atoms. The Labute approximate surface area is 136 Å². The molecule has 23 heavy (non-hydrogen) atoms. The molecule has 0 saturated carbocycles. The van der Waals surface area contributed by atoms with Crippen molar-refractivity contribution >= 4 is 23.2 Å². The zero-order valence-electron chi connectivity index (χ0n) is 12.2. The summed E-state index contributed by atoms with van der Waals surface area (Å²) >= 11 is 1.35. The molecule has 7 heteroatoms. The molecule has 1 aromatic carbocycles. The molecule has 1 aliphatic rings. The van der Waals surface area contributed by atoms with Crippen molar-refractivity contribution in [3.05, 3.63) is 35.2 Å². The van der Waals surface area contributed by atoms with E-state index in [2.05, 4.69) is 5.32 Å². The van der Waals surface area contributed by atoms with Crippen molar-refractivity contribution in [3.8, 4) is 21.9 Å². The molecule has 120 valence electrons. The van der Waals surface area contributed by atoms with Crippen LogP contribution in [-0.4, -0.2) is 36.7 Å². The maximum Gasteiger partial charge on any atom is 0.305 e. The molecule has 2 N–H and O–H groups in total. The largest absolute Gasteiger partial charge is 0.486 e. The van der Waals surface area contributed by atoms with Gasteiger partial charge >= 0.3 is 5.97 Å². The maximum absolute atomic E-state index is 12.0. The Balaban J connectivity index is 1.71. The van der Waals surface area contributed by atoms with Gasteiger partial charge in [0.2, 0.25) is 0 Å². The molecule has 0 fully saturated rings. The van der Waals surface area contributed by atoms with Crippen molar-refractivity contribution in [2.45, 2.75) is 6.42 Å². The van der Waals surface area contributed by atoms with E-state index < -0.39 is 5.97 Å². The number of carbonyl (C=O) groups excluding carboxylic acids is 1. The Morgan fingerprint density at radius 3 is 2.70 bits per heavy atom. The van der Waals surface area contributed by atoms with Gasteiger partial charge < -0.3 is 19.9 Å². The maximum atomic E-state index is 12.0. The number of aliphatic carboxylic acids is 1. The lowest BCUT2D eigenvalue weighted by molar-refractivity contribution is -0.136. The average molecular weight is 333 g/mol. The number of hydrogen-bond acceptors (Lipinski definition) is 5. The summed E-state index contributed by atoms with van der Waals surface area (Å²) in [6, 6.07) is 9.27. The predicted octanol–water partition coefficient (Wildman–Crippen LogP) is 2.39. The molecule has 3 rings (SSSR count). The first-order valence-corrected chi connectivity index (χ1v) is 7.95. The number of carbonyl (C=O) groups is 2. The van der Waals surface area contributed by atoms with Crippen molar-refractivity contribution < 1.29 is 24.2 Å². The number of hydrogen-bond donors (Lipinski definition) is 2. The SMILES string of the molecule is O=C(O)CCNC(=O)c1ccc(-c2ccc3c(c2)OCCO3)s1. The molecule has 1 amide bonds. The summed E-state index contributed by atoms with van der Waals surface area (Å²) in [5.41, 5.74) is 0.948. The fourth-order valence-corrected chi connectivity index (χ4v) is 3.10. The highest BCUT2D eigenvalue weighted by atomic mass is 32.1. The quantitative estimate of drug-likeness (QED) is 0.877. The lowest BCUT2D eigenvalue weighted by Gasteiger charge is -2.18. The second-order valence-corrected chi connectivity index (χ2v) is 6.01. The summed E-state index contributed by atoms with van der Waals surface area (Å²) in [4.78, 5) is 23.9. The van der Waals surface area contributed by atoms with E-state index in [4.69, 9.17) is 14.6 Å². The molecule has 0 unspecified atom stereocenters. The molecule has 6 nitrogen and oxygen atoms in total. The Bertz CT molecular complexity index is 740. The van der Waals surface area contributed by atoms with Gasteiger partial charge in [-0.05, 0) is 35.9 Å². The molecule has 0 atom stereocenters. The summed E-state index contributed by atoms with van der Waals surface area (Å²) in [5.74, 6) is 0.228. The molecule has 0 radical (unpaired) electrons. The van der Waals surface area contributed by atoms with Crippen LogP contribution in [0.5, 0.6) is 11.5 Å². The van der Waals surface area contributed by atoms with Crippen LogP contribution in [0.1, 0.15) is 16.1 Å². The number of thiophene rings is 1. The van der Waals surface area contributed by atoms with Gasteiger partial charge in [-0.1, -0.05) is 0 Å². The molecule has 2 heterocycles. The van der Waals surface area contributed by atoms with Crippen molar-refractivity contribution in [1.29, 1.82) is 0 Å². The first-order chi connectivity index (χ1) is 11.1. The van der Waals surface area contributed by atoms with E-state index in [1.54, 1.807) is 6.07 Å². The fraction of sp³-hybridized carbons (Fsp3) is 0.250. The van der Waals surface area contributed by atoms with Crippen LogP contribution in [0.25, 0.3) is 10.4 Å². The standard InChI is InChI=1S/C16H15NO5S/c18-15(19)5-6-17-16(20)14-4-3-13(23-14)10-1-2-11-12(9-10)22-8-7-21-11/h1-4,9H,5-8H2,(H,17,20)(H,18,19). The second-order valence-electron chi connectivity index (χ2n) is 4.92. The number of carboxylic acids is 1. The third kappa shape index (κ3) is 3.62. The molecule has 0 bridgehead atoms. The highest BCUT2D eigenvalue weighted by Crippen LogP contribution is 2.36. The minimum Gasteiger partial charge on any atom is -0.486 e. The van der Waals surface area contributed by atoms with E-state index in [0.29, 0.717) is 23.8 Å². The lowest BCUT2D eigenvalue weighted by Crippen LogP contribution is -2.25. The van der Waals surface area contributed by atoms with Gasteiger partial charge in [-0.3, -0.25) is 9.59 Å². The minimum atomic E-state index is -0.937. The van der Waals surface area contributed by atoms with Crippen LogP contribution in [0.4, 0.5) is 0 Å². The van der Waals surface area contributed by atoms with Gasteiger partial charge in [0.25, 0.3) is 5.91 Å². The molecular formula is C16H15NO5S. The number of benzene rings is 1. The van der Waals surface area contributed by atoms with Crippen LogP contribution in [0.3, 0.4) is 0 Å². The van der Waals surface area contributed by atoms with E-state index in [1.165, 1.54) is 11.3 Å². The molecular weight excluding hydrogens is 318 g/mol. The smallest absolute Gasteiger partial charge is 0.305 e. The van der Waals surface area contributed by atoms with Crippen LogP contribution >= 0.6 is 11.3 Å². The van der Waals surface area contributed by atoms with Crippen LogP contribution < -0.4 is 14.8 Å². The van der Waals surface area contributed by atoms with Crippen LogP contribution in [0, 0.1) is 0 Å². The van der Waals surface area contributed by atoms with Gasteiger partial charge in [0, 0.05) is 11.4 Å².